The molecule has 4 heteroatoms. The second-order valence-electron chi connectivity index (χ2n) is 5.07. The van der Waals surface area contributed by atoms with Crippen LogP contribution in [0, 0.1) is 6.92 Å². The van der Waals surface area contributed by atoms with Crippen LogP contribution in [0.25, 0.3) is 0 Å². The maximum Gasteiger partial charge on any atom is 0.338 e. The van der Waals surface area contributed by atoms with E-state index in [4.69, 9.17) is 10.5 Å². The predicted molar refractivity (Wildman–Crippen MR) is 79.6 cm³/mol. The van der Waals surface area contributed by atoms with Crippen molar-refractivity contribution < 1.29 is 9.53 Å². The van der Waals surface area contributed by atoms with Crippen molar-refractivity contribution in [3.05, 3.63) is 34.4 Å². The van der Waals surface area contributed by atoms with Gasteiger partial charge in [0.15, 0.2) is 0 Å². The Labute approximate surface area is 118 Å². The van der Waals surface area contributed by atoms with Gasteiger partial charge >= 0.3 is 5.97 Å². The Hall–Kier alpha value is -1.00. The number of nitrogens with two attached hydrogens (primary N) is 1. The smallest absolute Gasteiger partial charge is 0.338 e. The molecule has 0 amide bonds. The fraction of sp³-hybridized carbons (Fsp3) is 0.533. The number of hydrogen-bond donors (Lipinski definition) is 1. The first-order valence-electron chi connectivity index (χ1n) is 6.59. The standard InChI is InChI=1S/C15H21NO2S/c1-9-7-12(10-5-4-6-10)13(14(16)19-3)8-11(9)15(17)18-2/h7-8,10,14H,4-6,16H2,1-3H3. The zero-order chi connectivity index (χ0) is 14.0. The molecule has 2 N–H and O–H groups in total. The molecule has 1 aromatic carbocycles. The number of methoxy groups -OCH3 is 1. The minimum atomic E-state index is -0.285. The summed E-state index contributed by atoms with van der Waals surface area (Å²) in [5, 5.41) is -0.0837. The molecule has 1 aliphatic rings. The van der Waals surface area contributed by atoms with E-state index in [0.29, 0.717) is 11.5 Å². The van der Waals surface area contributed by atoms with E-state index in [-0.39, 0.29) is 11.3 Å². The van der Waals surface area contributed by atoms with Gasteiger partial charge in [-0.3, -0.25) is 0 Å². The predicted octanol–water partition coefficient (Wildman–Crippen LogP) is 3.37. The van der Waals surface area contributed by atoms with Crippen molar-refractivity contribution in [2.45, 2.75) is 37.5 Å². The molecular weight excluding hydrogens is 258 g/mol. The topological polar surface area (TPSA) is 52.3 Å². The molecule has 0 saturated heterocycles. The number of carbonyl (C=O) groups excluding carboxylic acids is 1. The summed E-state index contributed by atoms with van der Waals surface area (Å²) in [5.41, 5.74) is 10.2. The number of hydrogen-bond acceptors (Lipinski definition) is 4. The van der Waals surface area contributed by atoms with Crippen molar-refractivity contribution in [1.82, 2.24) is 0 Å². The van der Waals surface area contributed by atoms with Crippen LogP contribution >= 0.6 is 11.8 Å². The lowest BCUT2D eigenvalue weighted by atomic mass is 9.77. The third-order valence-electron chi connectivity index (χ3n) is 3.94. The minimum Gasteiger partial charge on any atom is -0.465 e. The second-order valence-corrected chi connectivity index (χ2v) is 6.05. The van der Waals surface area contributed by atoms with Gasteiger partial charge < -0.3 is 10.5 Å². The van der Waals surface area contributed by atoms with Gasteiger partial charge in [0, 0.05) is 0 Å². The maximum atomic E-state index is 11.8. The summed E-state index contributed by atoms with van der Waals surface area (Å²) >= 11 is 1.60. The molecule has 2 rings (SSSR count). The van der Waals surface area contributed by atoms with Crippen molar-refractivity contribution >= 4 is 17.7 Å². The van der Waals surface area contributed by atoms with Crippen LogP contribution in [0.2, 0.25) is 0 Å². The van der Waals surface area contributed by atoms with E-state index < -0.39 is 0 Å². The molecule has 19 heavy (non-hydrogen) atoms. The van der Waals surface area contributed by atoms with Gasteiger partial charge in [0.1, 0.15) is 0 Å². The Bertz CT molecular complexity index is 483. The Morgan fingerprint density at radius 3 is 2.63 bits per heavy atom. The fourth-order valence-corrected chi connectivity index (χ4v) is 2.98. The number of thioether (sulfide) groups is 1. The van der Waals surface area contributed by atoms with Crippen molar-refractivity contribution in [1.29, 1.82) is 0 Å². The van der Waals surface area contributed by atoms with E-state index in [1.807, 2.05) is 19.2 Å². The van der Waals surface area contributed by atoms with Gasteiger partial charge in [-0.15, -0.1) is 11.8 Å². The van der Waals surface area contributed by atoms with E-state index >= 15 is 0 Å². The number of carbonyl (C=O) groups is 1. The summed E-state index contributed by atoms with van der Waals surface area (Å²) in [4.78, 5) is 11.8. The monoisotopic (exact) mass is 279 g/mol. The van der Waals surface area contributed by atoms with Crippen LogP contribution in [0.3, 0.4) is 0 Å². The first-order chi connectivity index (χ1) is 9.08. The van der Waals surface area contributed by atoms with Crippen LogP contribution < -0.4 is 5.73 Å². The third kappa shape index (κ3) is 2.79. The second kappa shape index (κ2) is 5.97. The highest BCUT2D eigenvalue weighted by atomic mass is 32.2. The molecule has 1 fully saturated rings. The number of aryl methyl sites for hydroxylation is 1. The molecule has 0 aliphatic heterocycles. The van der Waals surface area contributed by atoms with Crippen molar-refractivity contribution in [3.8, 4) is 0 Å². The van der Waals surface area contributed by atoms with E-state index in [1.54, 1.807) is 11.8 Å². The first-order valence-corrected chi connectivity index (χ1v) is 7.88. The largest absolute Gasteiger partial charge is 0.465 e. The zero-order valence-electron chi connectivity index (χ0n) is 11.7. The van der Waals surface area contributed by atoms with Gasteiger partial charge in [-0.2, -0.15) is 0 Å². The Kier molecular flexibility index (Phi) is 4.53. The summed E-state index contributed by atoms with van der Waals surface area (Å²) in [6.45, 7) is 1.96. The number of esters is 1. The summed E-state index contributed by atoms with van der Waals surface area (Å²) in [6.07, 6.45) is 5.74. The van der Waals surface area contributed by atoms with Crippen LogP contribution in [-0.2, 0) is 4.74 Å². The van der Waals surface area contributed by atoms with Crippen LogP contribution in [0.15, 0.2) is 12.1 Å². The van der Waals surface area contributed by atoms with Gasteiger partial charge in [0.05, 0.1) is 18.0 Å². The SMILES string of the molecule is COC(=O)c1cc(C(N)SC)c(C2CCC2)cc1C. The molecule has 0 spiro atoms. The van der Waals surface area contributed by atoms with E-state index in [2.05, 4.69) is 6.07 Å². The molecule has 0 bridgehead atoms. The van der Waals surface area contributed by atoms with Crippen molar-refractivity contribution in [2.24, 2.45) is 5.73 Å². The van der Waals surface area contributed by atoms with Crippen LogP contribution in [-0.4, -0.2) is 19.3 Å². The summed E-state index contributed by atoms with van der Waals surface area (Å²) in [5.74, 6) is 0.325. The number of ether oxygens (including phenoxy) is 1. The highest BCUT2D eigenvalue weighted by Gasteiger charge is 2.26. The van der Waals surface area contributed by atoms with Crippen LogP contribution in [0.1, 0.15) is 57.6 Å². The lowest BCUT2D eigenvalue weighted by molar-refractivity contribution is 0.0599. The molecule has 1 atom stereocenters. The Morgan fingerprint density at radius 2 is 2.16 bits per heavy atom. The van der Waals surface area contributed by atoms with Crippen LogP contribution in [0.5, 0.6) is 0 Å². The summed E-state index contributed by atoms with van der Waals surface area (Å²) < 4.78 is 4.84. The Balaban J connectivity index is 2.48. The third-order valence-corrected chi connectivity index (χ3v) is 4.70. The van der Waals surface area contributed by atoms with E-state index in [0.717, 1.165) is 11.1 Å². The van der Waals surface area contributed by atoms with Gasteiger partial charge in [0.25, 0.3) is 0 Å². The van der Waals surface area contributed by atoms with Crippen molar-refractivity contribution in [2.75, 3.05) is 13.4 Å². The minimum absolute atomic E-state index is 0.0837. The molecule has 0 heterocycles. The Morgan fingerprint density at radius 1 is 1.47 bits per heavy atom. The van der Waals surface area contributed by atoms with Crippen molar-refractivity contribution in [3.63, 3.8) is 0 Å². The highest BCUT2D eigenvalue weighted by molar-refractivity contribution is 7.98. The summed E-state index contributed by atoms with van der Waals surface area (Å²) in [7, 11) is 1.41. The molecule has 1 aromatic rings. The molecule has 3 nitrogen and oxygen atoms in total. The fourth-order valence-electron chi connectivity index (χ4n) is 2.52. The molecule has 1 saturated carbocycles. The molecule has 1 unspecified atom stereocenters. The highest BCUT2D eigenvalue weighted by Crippen LogP contribution is 2.41. The maximum absolute atomic E-state index is 11.8. The lowest BCUT2D eigenvalue weighted by Crippen LogP contribution is -2.17. The molecule has 0 radical (unpaired) electrons. The van der Waals surface area contributed by atoms with E-state index in [1.165, 1.54) is 31.9 Å². The molecule has 1 aliphatic carbocycles. The van der Waals surface area contributed by atoms with Gasteiger partial charge in [-0.05, 0) is 54.7 Å². The lowest BCUT2D eigenvalue weighted by Gasteiger charge is -2.30. The van der Waals surface area contributed by atoms with Crippen LogP contribution in [0.4, 0.5) is 0 Å². The van der Waals surface area contributed by atoms with Gasteiger partial charge in [0.2, 0.25) is 0 Å². The number of benzene rings is 1. The zero-order valence-corrected chi connectivity index (χ0v) is 12.5. The number of rotatable bonds is 4. The quantitative estimate of drug-likeness (QED) is 0.678. The molecule has 0 aromatic heterocycles. The van der Waals surface area contributed by atoms with Gasteiger partial charge in [-0.1, -0.05) is 12.5 Å². The molecular formula is C15H21NO2S. The van der Waals surface area contributed by atoms with E-state index in [9.17, 15) is 4.79 Å². The average Bonchev–Trinajstić information content (AvgIpc) is 2.35. The normalized spacial score (nSPS) is 16.8. The van der Waals surface area contributed by atoms with Gasteiger partial charge in [-0.25, -0.2) is 4.79 Å². The summed E-state index contributed by atoms with van der Waals surface area (Å²) in [6, 6.07) is 4.05. The molecule has 104 valence electrons. The average molecular weight is 279 g/mol. The first kappa shape index (κ1) is 14.4.